The molecule has 6 heteroatoms. The van der Waals surface area contributed by atoms with E-state index in [1.807, 2.05) is 0 Å². The zero-order valence-electron chi connectivity index (χ0n) is 9.85. The number of aromatic nitrogens is 1. The van der Waals surface area contributed by atoms with Crippen LogP contribution in [0.15, 0.2) is 34.9 Å². The lowest BCUT2D eigenvalue weighted by molar-refractivity contribution is 0.0592. The fraction of sp³-hybridized carbons (Fsp3) is 0.0769. The zero-order chi connectivity index (χ0) is 14.0. The molecule has 2 aromatic rings. The first-order chi connectivity index (χ1) is 9.08. The molecule has 1 aromatic carbocycles. The van der Waals surface area contributed by atoms with Gasteiger partial charge in [0.05, 0.1) is 23.4 Å². The summed E-state index contributed by atoms with van der Waals surface area (Å²) in [4.78, 5) is 11.8. The molecule has 0 aliphatic carbocycles. The molecule has 19 heavy (non-hydrogen) atoms. The number of rotatable bonds is 2. The molecular weight excluding hydrogens is 332 g/mol. The van der Waals surface area contributed by atoms with Gasteiger partial charge in [0.2, 0.25) is 0 Å². The average molecular weight is 340 g/mol. The lowest BCUT2D eigenvalue weighted by Gasteiger charge is -2.10. The summed E-state index contributed by atoms with van der Waals surface area (Å²) in [5.74, 6) is -0.557. The summed E-state index contributed by atoms with van der Waals surface area (Å²) in [5, 5.41) is 9.41. The van der Waals surface area contributed by atoms with Gasteiger partial charge < -0.3 is 9.30 Å². The van der Waals surface area contributed by atoms with Crippen LogP contribution in [0.1, 0.15) is 16.1 Å². The molecule has 0 atom stereocenters. The smallest absolute Gasteiger partial charge is 0.356 e. The lowest BCUT2D eigenvalue weighted by atomic mass is 10.2. The van der Waals surface area contributed by atoms with Crippen molar-refractivity contribution < 1.29 is 9.53 Å². The first-order valence-corrected chi connectivity index (χ1v) is 6.40. The molecule has 4 nitrogen and oxygen atoms in total. The zero-order valence-corrected chi connectivity index (χ0v) is 12.2. The van der Waals surface area contributed by atoms with Crippen molar-refractivity contribution in [3.63, 3.8) is 0 Å². The predicted molar refractivity (Wildman–Crippen MR) is 74.5 cm³/mol. The fourth-order valence-electron chi connectivity index (χ4n) is 1.70. The molecule has 0 radical (unpaired) electrons. The Morgan fingerprint density at radius 2 is 2.21 bits per heavy atom. The van der Waals surface area contributed by atoms with Crippen molar-refractivity contribution in [2.75, 3.05) is 7.11 Å². The largest absolute Gasteiger partial charge is 0.464 e. The van der Waals surface area contributed by atoms with Gasteiger partial charge in [-0.15, -0.1) is 0 Å². The SMILES string of the molecule is COC(=O)c1c(Cl)ccn1-c1cc(Br)ccc1C#N. The summed E-state index contributed by atoms with van der Waals surface area (Å²) in [6.45, 7) is 0. The van der Waals surface area contributed by atoms with Crippen LogP contribution < -0.4 is 0 Å². The topological polar surface area (TPSA) is 55.0 Å². The van der Waals surface area contributed by atoms with Gasteiger partial charge in [-0.25, -0.2) is 4.79 Å². The molecule has 0 aliphatic heterocycles. The maximum absolute atomic E-state index is 11.8. The number of ether oxygens (including phenoxy) is 1. The molecule has 0 amide bonds. The minimum absolute atomic E-state index is 0.193. The normalized spacial score (nSPS) is 10.0. The third-order valence-corrected chi connectivity index (χ3v) is 3.35. The summed E-state index contributed by atoms with van der Waals surface area (Å²) < 4.78 is 7.04. The van der Waals surface area contributed by atoms with Crippen LogP contribution in [0.4, 0.5) is 0 Å². The van der Waals surface area contributed by atoms with E-state index in [9.17, 15) is 4.79 Å². The monoisotopic (exact) mass is 338 g/mol. The highest BCUT2D eigenvalue weighted by atomic mass is 79.9. The summed E-state index contributed by atoms with van der Waals surface area (Å²) in [7, 11) is 1.28. The number of carbonyl (C=O) groups excluding carboxylic acids is 1. The number of nitrogens with zero attached hydrogens (tertiary/aromatic N) is 2. The third kappa shape index (κ3) is 2.50. The number of carbonyl (C=O) groups is 1. The number of methoxy groups -OCH3 is 1. The fourth-order valence-corrected chi connectivity index (χ4v) is 2.27. The second kappa shape index (κ2) is 5.47. The van der Waals surface area contributed by atoms with E-state index in [2.05, 4.69) is 22.0 Å². The van der Waals surface area contributed by atoms with Crippen LogP contribution in [0.5, 0.6) is 0 Å². The molecule has 0 saturated heterocycles. The molecular formula is C13H8BrClN2O2. The van der Waals surface area contributed by atoms with Crippen molar-refractivity contribution >= 4 is 33.5 Å². The minimum Gasteiger partial charge on any atom is -0.464 e. The molecule has 96 valence electrons. The van der Waals surface area contributed by atoms with Gasteiger partial charge in [0.1, 0.15) is 6.07 Å². The molecule has 0 spiro atoms. The number of nitriles is 1. The number of benzene rings is 1. The summed E-state index contributed by atoms with van der Waals surface area (Å²) in [6.07, 6.45) is 1.62. The van der Waals surface area contributed by atoms with Crippen molar-refractivity contribution in [1.29, 1.82) is 5.26 Å². The van der Waals surface area contributed by atoms with Crippen LogP contribution >= 0.6 is 27.5 Å². The summed E-state index contributed by atoms with van der Waals surface area (Å²) in [6, 6.07) is 8.81. The van der Waals surface area contributed by atoms with E-state index >= 15 is 0 Å². The molecule has 0 fully saturated rings. The quantitative estimate of drug-likeness (QED) is 0.786. The van der Waals surface area contributed by atoms with Crippen molar-refractivity contribution in [1.82, 2.24) is 4.57 Å². The van der Waals surface area contributed by atoms with Crippen molar-refractivity contribution in [3.8, 4) is 11.8 Å². The van der Waals surface area contributed by atoms with Crippen LogP contribution in [-0.2, 0) is 4.74 Å². The van der Waals surface area contributed by atoms with Gasteiger partial charge in [-0.2, -0.15) is 5.26 Å². The number of esters is 1. The first kappa shape index (κ1) is 13.7. The van der Waals surface area contributed by atoms with Crippen LogP contribution in [0.2, 0.25) is 5.02 Å². The third-order valence-electron chi connectivity index (χ3n) is 2.56. The second-order valence-corrected chi connectivity index (χ2v) is 4.97. The van der Waals surface area contributed by atoms with E-state index in [-0.39, 0.29) is 10.7 Å². The Morgan fingerprint density at radius 3 is 2.84 bits per heavy atom. The van der Waals surface area contributed by atoms with Gasteiger partial charge >= 0.3 is 5.97 Å². The van der Waals surface area contributed by atoms with Gasteiger partial charge in [0.15, 0.2) is 5.69 Å². The Morgan fingerprint density at radius 1 is 1.47 bits per heavy atom. The molecule has 1 heterocycles. The summed E-state index contributed by atoms with van der Waals surface area (Å²) in [5.41, 5.74) is 1.18. The van der Waals surface area contributed by atoms with E-state index in [1.165, 1.54) is 11.7 Å². The van der Waals surface area contributed by atoms with E-state index in [1.54, 1.807) is 30.5 Å². The predicted octanol–water partition coefficient (Wildman–Crippen LogP) is 3.55. The molecule has 0 unspecified atom stereocenters. The van der Waals surface area contributed by atoms with Crippen LogP contribution in [0, 0.1) is 11.3 Å². The molecule has 0 saturated carbocycles. The van der Waals surface area contributed by atoms with Gasteiger partial charge in [-0.3, -0.25) is 0 Å². The molecule has 0 bridgehead atoms. The Bertz CT molecular complexity index is 688. The Labute approximate surface area is 123 Å². The standard InChI is InChI=1S/C13H8BrClN2O2/c1-19-13(18)12-10(15)4-5-17(12)11-6-9(14)3-2-8(11)7-16/h2-6H,1H3. The van der Waals surface area contributed by atoms with Crippen LogP contribution in [0.25, 0.3) is 5.69 Å². The Balaban J connectivity index is 2.70. The first-order valence-electron chi connectivity index (χ1n) is 5.23. The molecule has 1 aromatic heterocycles. The maximum Gasteiger partial charge on any atom is 0.356 e. The van der Waals surface area contributed by atoms with Gasteiger partial charge in [0, 0.05) is 10.7 Å². The Hall–Kier alpha value is -1.77. The van der Waals surface area contributed by atoms with Gasteiger partial charge in [-0.1, -0.05) is 27.5 Å². The van der Waals surface area contributed by atoms with Gasteiger partial charge in [0.25, 0.3) is 0 Å². The van der Waals surface area contributed by atoms with Crippen LogP contribution in [0.3, 0.4) is 0 Å². The molecule has 2 rings (SSSR count). The van der Waals surface area contributed by atoms with Crippen molar-refractivity contribution in [2.24, 2.45) is 0 Å². The lowest BCUT2D eigenvalue weighted by Crippen LogP contribution is -2.10. The van der Waals surface area contributed by atoms with E-state index in [0.29, 0.717) is 11.3 Å². The number of halogens is 2. The number of hydrogen-bond acceptors (Lipinski definition) is 3. The van der Waals surface area contributed by atoms with Crippen molar-refractivity contribution in [3.05, 3.63) is 51.2 Å². The summed E-state index contributed by atoms with van der Waals surface area (Å²) >= 11 is 9.32. The van der Waals surface area contributed by atoms with Gasteiger partial charge in [-0.05, 0) is 24.3 Å². The maximum atomic E-state index is 11.8. The number of hydrogen-bond donors (Lipinski definition) is 0. The highest BCUT2D eigenvalue weighted by Crippen LogP contribution is 2.26. The Kier molecular flexibility index (Phi) is 3.93. The van der Waals surface area contributed by atoms with E-state index < -0.39 is 5.97 Å². The molecule has 0 N–H and O–H groups in total. The highest BCUT2D eigenvalue weighted by molar-refractivity contribution is 9.10. The second-order valence-electron chi connectivity index (χ2n) is 3.65. The van der Waals surface area contributed by atoms with Crippen LogP contribution in [-0.4, -0.2) is 17.6 Å². The highest BCUT2D eigenvalue weighted by Gasteiger charge is 2.19. The van der Waals surface area contributed by atoms with E-state index in [0.717, 1.165) is 4.47 Å². The molecule has 0 aliphatic rings. The minimum atomic E-state index is -0.557. The van der Waals surface area contributed by atoms with Crippen molar-refractivity contribution in [2.45, 2.75) is 0 Å². The average Bonchev–Trinajstić information content (AvgIpc) is 2.79. The van der Waals surface area contributed by atoms with E-state index in [4.69, 9.17) is 21.6 Å².